The topological polar surface area (TPSA) is 63.2 Å². The van der Waals surface area contributed by atoms with Gasteiger partial charge >= 0.3 is 5.97 Å². The van der Waals surface area contributed by atoms with E-state index in [2.05, 4.69) is 0 Å². The van der Waals surface area contributed by atoms with Crippen LogP contribution >= 0.6 is 0 Å². The van der Waals surface area contributed by atoms with E-state index in [1.54, 1.807) is 32.4 Å². The Labute approximate surface area is 118 Å². The molecule has 0 radical (unpaired) electrons. The standard InChI is InChI=1S/C14H20O6/c1-16-6-8-19-11-4-5-12(14(15)18-3)13(10-11)20-9-7-17-2/h4-5,10H,6-9H2,1-3H3. The van der Waals surface area contributed by atoms with Crippen LogP contribution < -0.4 is 9.47 Å². The van der Waals surface area contributed by atoms with Gasteiger partial charge in [0.25, 0.3) is 0 Å². The van der Waals surface area contributed by atoms with E-state index in [4.69, 9.17) is 23.7 Å². The fourth-order valence-corrected chi connectivity index (χ4v) is 1.47. The average molecular weight is 284 g/mol. The lowest BCUT2D eigenvalue weighted by Gasteiger charge is -2.12. The Bertz CT molecular complexity index is 418. The molecule has 0 amide bonds. The summed E-state index contributed by atoms with van der Waals surface area (Å²) >= 11 is 0. The molecule has 1 aromatic carbocycles. The number of benzene rings is 1. The highest BCUT2D eigenvalue weighted by molar-refractivity contribution is 5.92. The summed E-state index contributed by atoms with van der Waals surface area (Å²) in [4.78, 5) is 11.6. The number of ether oxygens (including phenoxy) is 5. The van der Waals surface area contributed by atoms with Gasteiger partial charge < -0.3 is 23.7 Å². The molecule has 0 bridgehead atoms. The van der Waals surface area contributed by atoms with Gasteiger partial charge in [0.1, 0.15) is 30.3 Å². The second-order valence-corrected chi connectivity index (χ2v) is 3.83. The van der Waals surface area contributed by atoms with Gasteiger partial charge in [0.05, 0.1) is 20.3 Å². The van der Waals surface area contributed by atoms with Crippen molar-refractivity contribution in [1.29, 1.82) is 0 Å². The molecule has 0 aliphatic carbocycles. The third-order valence-electron chi connectivity index (χ3n) is 2.46. The van der Waals surface area contributed by atoms with Crippen LogP contribution in [-0.4, -0.2) is 53.7 Å². The lowest BCUT2D eigenvalue weighted by Crippen LogP contribution is -2.10. The molecule has 0 saturated heterocycles. The van der Waals surface area contributed by atoms with Crippen LogP contribution in [0.2, 0.25) is 0 Å². The number of rotatable bonds is 9. The van der Waals surface area contributed by atoms with Crippen LogP contribution in [0.3, 0.4) is 0 Å². The zero-order valence-corrected chi connectivity index (χ0v) is 12.0. The van der Waals surface area contributed by atoms with E-state index >= 15 is 0 Å². The van der Waals surface area contributed by atoms with Crippen molar-refractivity contribution in [1.82, 2.24) is 0 Å². The van der Waals surface area contributed by atoms with Gasteiger partial charge in [-0.05, 0) is 12.1 Å². The van der Waals surface area contributed by atoms with Crippen molar-refractivity contribution in [2.24, 2.45) is 0 Å². The third kappa shape index (κ3) is 5.07. The summed E-state index contributed by atoms with van der Waals surface area (Å²) < 4.78 is 25.5. The third-order valence-corrected chi connectivity index (χ3v) is 2.46. The van der Waals surface area contributed by atoms with Gasteiger partial charge in [-0.15, -0.1) is 0 Å². The quantitative estimate of drug-likeness (QED) is 0.506. The molecule has 0 aromatic heterocycles. The van der Waals surface area contributed by atoms with Crippen molar-refractivity contribution in [2.45, 2.75) is 0 Å². The Balaban J connectivity index is 2.81. The zero-order valence-electron chi connectivity index (χ0n) is 12.0. The summed E-state index contributed by atoms with van der Waals surface area (Å²) in [5, 5.41) is 0. The van der Waals surface area contributed by atoms with Gasteiger partial charge in [-0.25, -0.2) is 4.79 Å². The van der Waals surface area contributed by atoms with Crippen molar-refractivity contribution in [3.8, 4) is 11.5 Å². The molecule has 0 aliphatic heterocycles. The monoisotopic (exact) mass is 284 g/mol. The Kier molecular flexibility index (Phi) is 7.46. The second-order valence-electron chi connectivity index (χ2n) is 3.83. The summed E-state index contributed by atoms with van der Waals surface area (Å²) in [6.07, 6.45) is 0. The van der Waals surface area contributed by atoms with E-state index in [-0.39, 0.29) is 0 Å². The zero-order chi connectivity index (χ0) is 14.8. The number of hydrogen-bond acceptors (Lipinski definition) is 6. The Hall–Kier alpha value is -1.79. The summed E-state index contributed by atoms with van der Waals surface area (Å²) in [5.74, 6) is 0.548. The number of carbonyl (C=O) groups is 1. The van der Waals surface area contributed by atoms with E-state index in [9.17, 15) is 4.79 Å². The number of esters is 1. The number of methoxy groups -OCH3 is 3. The molecule has 0 atom stereocenters. The lowest BCUT2D eigenvalue weighted by molar-refractivity contribution is 0.0593. The molecule has 0 N–H and O–H groups in total. The molecule has 6 nitrogen and oxygen atoms in total. The Morgan fingerprint density at radius 2 is 1.60 bits per heavy atom. The van der Waals surface area contributed by atoms with Crippen LogP contribution in [0.15, 0.2) is 18.2 Å². The first-order chi connectivity index (χ1) is 9.72. The normalized spacial score (nSPS) is 10.2. The number of carbonyl (C=O) groups excluding carboxylic acids is 1. The van der Waals surface area contributed by atoms with Crippen molar-refractivity contribution >= 4 is 5.97 Å². The fraction of sp³-hybridized carbons (Fsp3) is 0.500. The van der Waals surface area contributed by atoms with E-state index < -0.39 is 5.97 Å². The highest BCUT2D eigenvalue weighted by atomic mass is 16.5. The minimum absolute atomic E-state index is 0.335. The molecule has 0 spiro atoms. The van der Waals surface area contributed by atoms with Crippen LogP contribution in [-0.2, 0) is 14.2 Å². The lowest BCUT2D eigenvalue weighted by atomic mass is 10.2. The first kappa shape index (κ1) is 16.3. The van der Waals surface area contributed by atoms with Gasteiger partial charge in [-0.3, -0.25) is 0 Å². The molecular weight excluding hydrogens is 264 g/mol. The molecule has 0 saturated carbocycles. The fourth-order valence-electron chi connectivity index (χ4n) is 1.47. The largest absolute Gasteiger partial charge is 0.491 e. The molecule has 1 rings (SSSR count). The summed E-state index contributed by atoms with van der Waals surface area (Å²) in [6, 6.07) is 4.94. The van der Waals surface area contributed by atoms with Gasteiger partial charge in [0.15, 0.2) is 0 Å². The minimum Gasteiger partial charge on any atom is -0.491 e. The minimum atomic E-state index is -0.458. The van der Waals surface area contributed by atoms with Gasteiger partial charge in [-0.2, -0.15) is 0 Å². The van der Waals surface area contributed by atoms with Crippen LogP contribution in [0, 0.1) is 0 Å². The molecule has 0 unspecified atom stereocenters. The SMILES string of the molecule is COCCOc1ccc(C(=O)OC)c(OCCOC)c1. The van der Waals surface area contributed by atoms with Gasteiger partial charge in [-0.1, -0.05) is 0 Å². The maximum Gasteiger partial charge on any atom is 0.341 e. The highest BCUT2D eigenvalue weighted by Gasteiger charge is 2.14. The molecular formula is C14H20O6. The van der Waals surface area contributed by atoms with Crippen LogP contribution in [0.5, 0.6) is 11.5 Å². The molecule has 6 heteroatoms. The molecule has 112 valence electrons. The predicted molar refractivity (Wildman–Crippen MR) is 72.5 cm³/mol. The molecule has 1 aromatic rings. The summed E-state index contributed by atoms with van der Waals surface area (Å²) in [5.41, 5.74) is 0.350. The Morgan fingerprint density at radius 3 is 2.20 bits per heavy atom. The molecule has 20 heavy (non-hydrogen) atoms. The predicted octanol–water partition coefficient (Wildman–Crippen LogP) is 1.52. The molecule has 0 fully saturated rings. The van der Waals surface area contributed by atoms with E-state index in [0.717, 1.165) is 0 Å². The summed E-state index contributed by atoms with van der Waals surface area (Å²) in [6.45, 7) is 1.67. The van der Waals surface area contributed by atoms with Crippen LogP contribution in [0.4, 0.5) is 0 Å². The van der Waals surface area contributed by atoms with Crippen molar-refractivity contribution in [3.63, 3.8) is 0 Å². The molecule has 0 heterocycles. The van der Waals surface area contributed by atoms with Crippen molar-refractivity contribution in [3.05, 3.63) is 23.8 Å². The summed E-state index contributed by atoms with van der Waals surface area (Å²) in [7, 11) is 4.50. The first-order valence-electron chi connectivity index (χ1n) is 6.18. The highest BCUT2D eigenvalue weighted by Crippen LogP contribution is 2.25. The van der Waals surface area contributed by atoms with Crippen LogP contribution in [0.25, 0.3) is 0 Å². The number of hydrogen-bond donors (Lipinski definition) is 0. The van der Waals surface area contributed by atoms with E-state index in [1.165, 1.54) is 7.11 Å². The maximum absolute atomic E-state index is 11.6. The average Bonchev–Trinajstić information content (AvgIpc) is 2.47. The maximum atomic E-state index is 11.6. The van der Waals surface area contributed by atoms with Crippen molar-refractivity contribution < 1.29 is 28.5 Å². The first-order valence-corrected chi connectivity index (χ1v) is 6.18. The van der Waals surface area contributed by atoms with Gasteiger partial charge in [0.2, 0.25) is 0 Å². The van der Waals surface area contributed by atoms with E-state index in [0.29, 0.717) is 43.5 Å². The van der Waals surface area contributed by atoms with Crippen molar-refractivity contribution in [2.75, 3.05) is 47.8 Å². The molecule has 0 aliphatic rings. The van der Waals surface area contributed by atoms with Crippen LogP contribution in [0.1, 0.15) is 10.4 Å². The Morgan fingerprint density at radius 1 is 0.950 bits per heavy atom. The van der Waals surface area contributed by atoms with Gasteiger partial charge in [0, 0.05) is 20.3 Å². The van der Waals surface area contributed by atoms with E-state index in [1.807, 2.05) is 0 Å². The smallest absolute Gasteiger partial charge is 0.341 e. The second kappa shape index (κ2) is 9.17.